The molecule has 1 aliphatic rings. The van der Waals surface area contributed by atoms with Crippen molar-refractivity contribution >= 4 is 17.5 Å². The van der Waals surface area contributed by atoms with E-state index in [1.807, 2.05) is 0 Å². The van der Waals surface area contributed by atoms with Gasteiger partial charge in [0.05, 0.1) is 12.8 Å². The van der Waals surface area contributed by atoms with Gasteiger partial charge in [0.25, 0.3) is 0 Å². The van der Waals surface area contributed by atoms with Gasteiger partial charge in [0.1, 0.15) is 6.04 Å². The maximum absolute atomic E-state index is 13.6. The number of nitrogens with zero attached hydrogens (tertiary/aromatic N) is 1. The maximum Gasteiger partial charge on any atom is 0.411 e. The van der Waals surface area contributed by atoms with Crippen molar-refractivity contribution in [2.24, 2.45) is 5.73 Å². The fraction of sp³-hybridized carbons (Fsp3) is 0.400. The minimum absolute atomic E-state index is 0.0777. The number of ether oxygens (including phenoxy) is 1. The van der Waals surface area contributed by atoms with E-state index in [1.165, 1.54) is 13.2 Å². The third-order valence-electron chi connectivity index (χ3n) is 4.91. The Morgan fingerprint density at radius 1 is 1.24 bits per heavy atom. The van der Waals surface area contributed by atoms with E-state index in [2.05, 4.69) is 20.4 Å². The summed E-state index contributed by atoms with van der Waals surface area (Å²) < 4.78 is 45.5. The maximum atomic E-state index is 13.6. The Labute approximate surface area is 166 Å². The van der Waals surface area contributed by atoms with E-state index in [0.29, 0.717) is 41.8 Å². The first-order chi connectivity index (χ1) is 13.8. The molecule has 1 aromatic heterocycles. The Balaban J connectivity index is 2.09. The molecular formula is C20H23F3N4O2. The number of amides is 1. The first kappa shape index (κ1) is 20.9. The Hall–Kier alpha value is -2.81. The van der Waals surface area contributed by atoms with Crippen molar-refractivity contribution in [3.05, 3.63) is 42.2 Å². The Bertz CT molecular complexity index is 873. The minimum atomic E-state index is -4.42. The number of halogens is 3. The Kier molecular flexibility index (Phi) is 6.26. The highest BCUT2D eigenvalue weighted by Crippen LogP contribution is 2.36. The van der Waals surface area contributed by atoms with Gasteiger partial charge in [0.2, 0.25) is 0 Å². The second kappa shape index (κ2) is 8.69. The molecule has 0 radical (unpaired) electrons. The van der Waals surface area contributed by atoms with Gasteiger partial charge in [0.15, 0.2) is 0 Å². The van der Waals surface area contributed by atoms with Gasteiger partial charge < -0.3 is 15.8 Å². The fourth-order valence-corrected chi connectivity index (χ4v) is 3.35. The zero-order valence-corrected chi connectivity index (χ0v) is 15.9. The predicted molar refractivity (Wildman–Crippen MR) is 105 cm³/mol. The van der Waals surface area contributed by atoms with Crippen molar-refractivity contribution in [3.63, 3.8) is 0 Å². The molecule has 1 unspecified atom stereocenters. The highest BCUT2D eigenvalue weighted by molar-refractivity contribution is 5.88. The zero-order valence-electron chi connectivity index (χ0n) is 15.9. The molecule has 1 amide bonds. The van der Waals surface area contributed by atoms with Gasteiger partial charge in [-0.1, -0.05) is 18.9 Å². The van der Waals surface area contributed by atoms with Gasteiger partial charge in [-0.05, 0) is 42.7 Å². The molecule has 2 atom stereocenters. The summed E-state index contributed by atoms with van der Waals surface area (Å²) in [5.41, 5.74) is 8.72. The first-order valence-electron chi connectivity index (χ1n) is 9.32. The molecule has 0 spiro atoms. The fourth-order valence-electron chi connectivity index (χ4n) is 3.35. The van der Waals surface area contributed by atoms with Crippen LogP contribution in [0.4, 0.5) is 29.3 Å². The number of hydrogen-bond donors (Lipinski definition) is 3. The van der Waals surface area contributed by atoms with Gasteiger partial charge >= 0.3 is 12.3 Å². The molecule has 9 heteroatoms. The number of carbonyl (C=O) groups excluding carboxylic acids is 1. The van der Waals surface area contributed by atoms with Crippen LogP contribution >= 0.6 is 0 Å². The molecule has 0 aliphatic carbocycles. The number of nitrogens with one attached hydrogen (secondary N) is 2. The molecule has 0 fully saturated rings. The smallest absolute Gasteiger partial charge is 0.411 e. The lowest BCUT2D eigenvalue weighted by Crippen LogP contribution is -2.36. The molecule has 4 N–H and O–H groups in total. The number of nitrogens with two attached hydrogens (primary N) is 1. The van der Waals surface area contributed by atoms with Gasteiger partial charge in [0, 0.05) is 29.2 Å². The molecule has 2 aromatic rings. The number of alkyl halides is 3. The van der Waals surface area contributed by atoms with Crippen LogP contribution in [0.25, 0.3) is 11.1 Å². The molecule has 2 heterocycles. The highest BCUT2D eigenvalue weighted by atomic mass is 19.4. The second-order valence-corrected chi connectivity index (χ2v) is 6.98. The van der Waals surface area contributed by atoms with Crippen LogP contribution < -0.4 is 16.4 Å². The quantitative estimate of drug-likeness (QED) is 0.628. The van der Waals surface area contributed by atoms with Crippen molar-refractivity contribution in [3.8, 4) is 11.1 Å². The lowest BCUT2D eigenvalue weighted by atomic mass is 9.97. The SMILES string of the molecule is COC(=O)Nc1ccc2c(c1)N[C@H](C(F)(F)F)CCCCC(N)c1cc-2ccn1. The van der Waals surface area contributed by atoms with Gasteiger partial charge in [-0.25, -0.2) is 4.79 Å². The molecule has 0 saturated heterocycles. The Morgan fingerprint density at radius 2 is 2.00 bits per heavy atom. The first-order valence-corrected chi connectivity index (χ1v) is 9.32. The largest absolute Gasteiger partial charge is 0.453 e. The van der Waals surface area contributed by atoms with Crippen LogP contribution in [0, 0.1) is 0 Å². The lowest BCUT2D eigenvalue weighted by molar-refractivity contribution is -0.144. The normalized spacial score (nSPS) is 19.8. The van der Waals surface area contributed by atoms with Crippen LogP contribution in [0.3, 0.4) is 0 Å². The summed E-state index contributed by atoms with van der Waals surface area (Å²) in [6.45, 7) is 0. The monoisotopic (exact) mass is 408 g/mol. The molecule has 1 aromatic carbocycles. The topological polar surface area (TPSA) is 89.3 Å². The van der Waals surface area contributed by atoms with Crippen LogP contribution in [0.5, 0.6) is 0 Å². The third kappa shape index (κ3) is 5.17. The van der Waals surface area contributed by atoms with Crippen LogP contribution in [0.15, 0.2) is 36.5 Å². The highest BCUT2D eigenvalue weighted by Gasteiger charge is 2.39. The van der Waals surface area contributed by atoms with Gasteiger partial charge in [-0.2, -0.15) is 13.2 Å². The molecule has 2 bridgehead atoms. The summed E-state index contributed by atoms with van der Waals surface area (Å²) in [7, 11) is 1.21. The van der Waals surface area contributed by atoms with Crippen molar-refractivity contribution in [1.29, 1.82) is 0 Å². The summed E-state index contributed by atoms with van der Waals surface area (Å²) in [4.78, 5) is 15.8. The van der Waals surface area contributed by atoms with E-state index in [-0.39, 0.29) is 18.2 Å². The average Bonchev–Trinajstić information content (AvgIpc) is 2.68. The minimum Gasteiger partial charge on any atom is -0.453 e. The third-order valence-corrected chi connectivity index (χ3v) is 4.91. The molecule has 6 nitrogen and oxygen atoms in total. The van der Waals surface area contributed by atoms with E-state index < -0.39 is 18.3 Å². The second-order valence-electron chi connectivity index (χ2n) is 6.98. The molecule has 156 valence electrons. The number of anilines is 2. The number of fused-ring (bicyclic) bond motifs is 4. The van der Waals surface area contributed by atoms with Crippen LogP contribution in [-0.2, 0) is 4.74 Å². The molecule has 3 rings (SSSR count). The molecular weight excluding hydrogens is 385 g/mol. The molecule has 29 heavy (non-hydrogen) atoms. The number of hydrogen-bond acceptors (Lipinski definition) is 5. The average molecular weight is 408 g/mol. The van der Waals surface area contributed by atoms with Crippen LogP contribution in [-0.4, -0.2) is 30.4 Å². The predicted octanol–water partition coefficient (Wildman–Crippen LogP) is 4.84. The number of pyridine rings is 1. The van der Waals surface area contributed by atoms with Gasteiger partial charge in [-0.3, -0.25) is 10.3 Å². The van der Waals surface area contributed by atoms with Crippen molar-refractivity contribution in [2.75, 3.05) is 17.7 Å². The summed E-state index contributed by atoms with van der Waals surface area (Å²) in [5, 5.41) is 5.12. The van der Waals surface area contributed by atoms with E-state index in [4.69, 9.17) is 5.73 Å². The van der Waals surface area contributed by atoms with E-state index in [1.54, 1.807) is 30.5 Å². The molecule has 0 saturated carbocycles. The summed E-state index contributed by atoms with van der Waals surface area (Å²) in [5.74, 6) is 0. The number of carbonyl (C=O) groups is 1. The number of rotatable bonds is 1. The lowest BCUT2D eigenvalue weighted by Gasteiger charge is -2.26. The standard InChI is InChI=1S/C20H23F3N4O2/c1-29-19(28)26-13-6-7-14-12-8-9-25-17(10-12)15(24)4-2-3-5-18(20(21,22)23)27-16(14)11-13/h6-11,15,18,27H,2-5,24H2,1H3,(H,26,28)/t15?,18-/m0/s1. The number of aromatic nitrogens is 1. The van der Waals surface area contributed by atoms with Crippen molar-refractivity contribution < 1.29 is 22.7 Å². The van der Waals surface area contributed by atoms with Crippen molar-refractivity contribution in [2.45, 2.75) is 43.9 Å². The zero-order chi connectivity index (χ0) is 21.0. The Morgan fingerprint density at radius 3 is 2.72 bits per heavy atom. The van der Waals surface area contributed by atoms with Crippen LogP contribution in [0.1, 0.15) is 37.4 Å². The number of methoxy groups -OCH3 is 1. The van der Waals surface area contributed by atoms with Crippen molar-refractivity contribution in [1.82, 2.24) is 4.98 Å². The van der Waals surface area contributed by atoms with E-state index >= 15 is 0 Å². The molecule has 1 aliphatic heterocycles. The van der Waals surface area contributed by atoms with E-state index in [0.717, 1.165) is 0 Å². The summed E-state index contributed by atoms with van der Waals surface area (Å²) in [6, 6.07) is 6.18. The van der Waals surface area contributed by atoms with Gasteiger partial charge in [-0.15, -0.1) is 0 Å². The summed E-state index contributed by atoms with van der Waals surface area (Å²) >= 11 is 0. The summed E-state index contributed by atoms with van der Waals surface area (Å²) in [6.07, 6.45) is -2.09. The number of benzene rings is 1. The van der Waals surface area contributed by atoms with E-state index in [9.17, 15) is 18.0 Å². The van der Waals surface area contributed by atoms with Crippen LogP contribution in [0.2, 0.25) is 0 Å².